The van der Waals surface area contributed by atoms with Crippen LogP contribution in [0.4, 0.5) is 0 Å². The average molecular weight is 387 g/mol. The standard InChI is InChI=1S/C15H21N3O.HI/c1-5-11-17-15(16-6-2)18(3)12-13-7-9-14(19-4)10-8-13;/h1,7-10H,6,11-12H2,2-4H3,(H,16,17);1H. The molecule has 1 N–H and O–H groups in total. The van der Waals surface area contributed by atoms with E-state index in [0.717, 1.165) is 24.8 Å². The van der Waals surface area contributed by atoms with Crippen LogP contribution in [0.3, 0.4) is 0 Å². The molecule has 1 aromatic carbocycles. The van der Waals surface area contributed by atoms with E-state index in [-0.39, 0.29) is 24.0 Å². The maximum Gasteiger partial charge on any atom is 0.194 e. The van der Waals surface area contributed by atoms with Crippen molar-refractivity contribution in [1.82, 2.24) is 10.2 Å². The zero-order valence-corrected chi connectivity index (χ0v) is 14.5. The lowest BCUT2D eigenvalue weighted by atomic mass is 10.2. The lowest BCUT2D eigenvalue weighted by molar-refractivity contribution is 0.414. The molecule has 1 rings (SSSR count). The second-order valence-electron chi connectivity index (χ2n) is 4.08. The summed E-state index contributed by atoms with van der Waals surface area (Å²) in [7, 11) is 3.65. The van der Waals surface area contributed by atoms with Crippen molar-refractivity contribution in [2.45, 2.75) is 13.5 Å². The van der Waals surface area contributed by atoms with Crippen molar-refractivity contribution in [2.75, 3.05) is 27.2 Å². The molecule has 0 unspecified atom stereocenters. The van der Waals surface area contributed by atoms with Crippen molar-refractivity contribution in [3.63, 3.8) is 0 Å². The normalized spacial score (nSPS) is 10.2. The van der Waals surface area contributed by atoms with E-state index in [9.17, 15) is 0 Å². The van der Waals surface area contributed by atoms with Crippen LogP contribution >= 0.6 is 24.0 Å². The molecule has 0 amide bonds. The molecule has 0 atom stereocenters. The van der Waals surface area contributed by atoms with E-state index >= 15 is 0 Å². The summed E-state index contributed by atoms with van der Waals surface area (Å²) in [6, 6.07) is 7.99. The summed E-state index contributed by atoms with van der Waals surface area (Å²) in [5.41, 5.74) is 1.19. The highest BCUT2D eigenvalue weighted by Gasteiger charge is 2.06. The monoisotopic (exact) mass is 387 g/mol. The van der Waals surface area contributed by atoms with Crippen molar-refractivity contribution in [1.29, 1.82) is 0 Å². The summed E-state index contributed by atoms with van der Waals surface area (Å²) in [6.45, 7) is 4.00. The number of terminal acetylenes is 1. The minimum atomic E-state index is 0. The fraction of sp³-hybridized carbons (Fsp3) is 0.400. The Morgan fingerprint density at radius 2 is 2.05 bits per heavy atom. The molecule has 0 saturated heterocycles. The Bertz CT molecular complexity index is 451. The average Bonchev–Trinajstić information content (AvgIpc) is 2.44. The molecule has 5 heteroatoms. The number of benzene rings is 1. The summed E-state index contributed by atoms with van der Waals surface area (Å²) in [6.07, 6.45) is 5.24. The van der Waals surface area contributed by atoms with Crippen molar-refractivity contribution < 1.29 is 4.74 Å². The lowest BCUT2D eigenvalue weighted by Crippen LogP contribution is -2.38. The van der Waals surface area contributed by atoms with E-state index in [0.29, 0.717) is 6.54 Å². The lowest BCUT2D eigenvalue weighted by Gasteiger charge is -2.22. The molecule has 1 aromatic rings. The SMILES string of the molecule is C#CCN=C(NCC)N(C)Cc1ccc(OC)cc1.I. The van der Waals surface area contributed by atoms with Gasteiger partial charge in [-0.3, -0.25) is 0 Å². The highest BCUT2D eigenvalue weighted by atomic mass is 127. The fourth-order valence-electron chi connectivity index (χ4n) is 1.67. The molecular weight excluding hydrogens is 365 g/mol. The minimum absolute atomic E-state index is 0. The van der Waals surface area contributed by atoms with Crippen LogP contribution in [0.5, 0.6) is 5.75 Å². The van der Waals surface area contributed by atoms with Crippen molar-refractivity contribution >= 4 is 29.9 Å². The summed E-state index contributed by atoms with van der Waals surface area (Å²) >= 11 is 0. The van der Waals surface area contributed by atoms with Gasteiger partial charge in [-0.05, 0) is 24.6 Å². The summed E-state index contributed by atoms with van der Waals surface area (Å²) < 4.78 is 5.14. The van der Waals surface area contributed by atoms with E-state index in [1.807, 2.05) is 43.1 Å². The van der Waals surface area contributed by atoms with E-state index in [1.165, 1.54) is 5.56 Å². The van der Waals surface area contributed by atoms with Gasteiger partial charge in [-0.2, -0.15) is 0 Å². The zero-order valence-electron chi connectivity index (χ0n) is 12.2. The van der Waals surface area contributed by atoms with Crippen LogP contribution in [0, 0.1) is 12.3 Å². The Labute approximate surface area is 138 Å². The van der Waals surface area contributed by atoms with Gasteiger partial charge >= 0.3 is 0 Å². The van der Waals surface area contributed by atoms with Gasteiger partial charge in [0.25, 0.3) is 0 Å². The van der Waals surface area contributed by atoms with Gasteiger partial charge in [0.05, 0.1) is 7.11 Å². The van der Waals surface area contributed by atoms with Gasteiger partial charge in [0, 0.05) is 20.1 Å². The second-order valence-corrected chi connectivity index (χ2v) is 4.08. The number of guanidine groups is 1. The van der Waals surface area contributed by atoms with Gasteiger partial charge in [0.15, 0.2) is 5.96 Å². The predicted molar refractivity (Wildman–Crippen MR) is 94.7 cm³/mol. The largest absolute Gasteiger partial charge is 0.497 e. The predicted octanol–water partition coefficient (Wildman–Crippen LogP) is 2.34. The summed E-state index contributed by atoms with van der Waals surface area (Å²) in [5.74, 6) is 4.20. The highest BCUT2D eigenvalue weighted by molar-refractivity contribution is 14.0. The van der Waals surface area contributed by atoms with Gasteiger partial charge in [-0.15, -0.1) is 30.4 Å². The number of rotatable bonds is 5. The van der Waals surface area contributed by atoms with Crippen LogP contribution in [-0.4, -0.2) is 38.1 Å². The number of ether oxygens (including phenoxy) is 1. The van der Waals surface area contributed by atoms with Gasteiger partial charge in [0.2, 0.25) is 0 Å². The van der Waals surface area contributed by atoms with Crippen LogP contribution in [0.2, 0.25) is 0 Å². The first kappa shape index (κ1) is 18.6. The third-order valence-corrected chi connectivity index (χ3v) is 2.60. The third kappa shape index (κ3) is 6.15. The van der Waals surface area contributed by atoms with Crippen molar-refractivity contribution in [3.8, 4) is 18.1 Å². The Kier molecular flexibility index (Phi) is 9.64. The number of hydrogen-bond donors (Lipinski definition) is 1. The summed E-state index contributed by atoms with van der Waals surface area (Å²) in [4.78, 5) is 6.38. The zero-order chi connectivity index (χ0) is 14.1. The molecule has 4 nitrogen and oxygen atoms in total. The molecule has 0 saturated carbocycles. The van der Waals surface area contributed by atoms with Gasteiger partial charge in [-0.1, -0.05) is 18.1 Å². The first-order valence-corrected chi connectivity index (χ1v) is 6.27. The van der Waals surface area contributed by atoms with Gasteiger partial charge in [0.1, 0.15) is 12.3 Å². The number of methoxy groups -OCH3 is 1. The molecule has 0 heterocycles. The molecule has 0 spiro atoms. The van der Waals surface area contributed by atoms with Gasteiger partial charge < -0.3 is 15.0 Å². The van der Waals surface area contributed by atoms with Crippen LogP contribution in [0.25, 0.3) is 0 Å². The molecule has 0 aliphatic heterocycles. The quantitative estimate of drug-likeness (QED) is 0.365. The van der Waals surface area contributed by atoms with E-state index in [2.05, 4.69) is 16.2 Å². The molecule has 0 bridgehead atoms. The van der Waals surface area contributed by atoms with Crippen LogP contribution < -0.4 is 10.1 Å². The fourth-order valence-corrected chi connectivity index (χ4v) is 1.67. The molecular formula is C15H22IN3O. The number of halogens is 1. The maximum atomic E-state index is 5.24. The van der Waals surface area contributed by atoms with E-state index < -0.39 is 0 Å². The number of nitrogens with one attached hydrogen (secondary N) is 1. The maximum absolute atomic E-state index is 5.24. The molecule has 20 heavy (non-hydrogen) atoms. The number of hydrogen-bond acceptors (Lipinski definition) is 2. The van der Waals surface area contributed by atoms with Gasteiger partial charge in [-0.25, -0.2) is 4.99 Å². The number of nitrogens with zero attached hydrogens (tertiary/aromatic N) is 2. The van der Waals surface area contributed by atoms with Crippen LogP contribution in [0.15, 0.2) is 29.3 Å². The topological polar surface area (TPSA) is 36.9 Å². The molecule has 0 fully saturated rings. The third-order valence-electron chi connectivity index (χ3n) is 2.60. The van der Waals surface area contributed by atoms with E-state index in [1.54, 1.807) is 7.11 Å². The molecule has 0 aliphatic carbocycles. The Morgan fingerprint density at radius 1 is 1.40 bits per heavy atom. The Balaban J connectivity index is 0.00000361. The first-order valence-electron chi connectivity index (χ1n) is 6.27. The van der Waals surface area contributed by atoms with Crippen LogP contribution in [0.1, 0.15) is 12.5 Å². The molecule has 0 aliphatic rings. The molecule has 0 radical (unpaired) electrons. The highest BCUT2D eigenvalue weighted by Crippen LogP contribution is 2.12. The second kappa shape index (κ2) is 10.4. The summed E-state index contributed by atoms with van der Waals surface area (Å²) in [5, 5.41) is 3.22. The first-order chi connectivity index (χ1) is 9.21. The minimum Gasteiger partial charge on any atom is -0.497 e. The smallest absolute Gasteiger partial charge is 0.194 e. The van der Waals surface area contributed by atoms with E-state index in [4.69, 9.17) is 11.2 Å². The Hall–Kier alpha value is -1.42. The van der Waals surface area contributed by atoms with Crippen molar-refractivity contribution in [2.24, 2.45) is 4.99 Å². The Morgan fingerprint density at radius 3 is 2.55 bits per heavy atom. The number of aliphatic imine (C=N–C) groups is 1. The molecule has 0 aromatic heterocycles. The molecule has 110 valence electrons. The van der Waals surface area contributed by atoms with Crippen LogP contribution in [-0.2, 0) is 6.54 Å². The van der Waals surface area contributed by atoms with Crippen molar-refractivity contribution in [3.05, 3.63) is 29.8 Å².